The fourth-order valence-corrected chi connectivity index (χ4v) is 5.59. The molecule has 0 amide bonds. The van der Waals surface area contributed by atoms with Crippen molar-refractivity contribution in [2.75, 3.05) is 5.75 Å². The Kier molecular flexibility index (Phi) is 5.30. The fraction of sp³-hybridized carbons (Fsp3) is 0.160. The highest BCUT2D eigenvalue weighted by Crippen LogP contribution is 2.29. The average Bonchev–Trinajstić information content (AvgIpc) is 3.47. The van der Waals surface area contributed by atoms with Crippen LogP contribution in [0, 0.1) is 0 Å². The molecule has 8 heteroatoms. The Hall–Kier alpha value is -3.78. The van der Waals surface area contributed by atoms with Crippen molar-refractivity contribution in [1.29, 1.82) is 0 Å². The van der Waals surface area contributed by atoms with Gasteiger partial charge in [0.25, 0.3) is 0 Å². The lowest BCUT2D eigenvalue weighted by atomic mass is 9.99. The molecule has 1 aromatic carbocycles. The summed E-state index contributed by atoms with van der Waals surface area (Å²) in [5, 5.41) is 1.31. The average molecular weight is 459 g/mol. The van der Waals surface area contributed by atoms with Gasteiger partial charge < -0.3 is 4.98 Å². The zero-order valence-electron chi connectivity index (χ0n) is 18.0. The van der Waals surface area contributed by atoms with Crippen molar-refractivity contribution in [3.63, 3.8) is 0 Å². The van der Waals surface area contributed by atoms with Gasteiger partial charge in [-0.15, -0.1) is 0 Å². The van der Waals surface area contributed by atoms with Crippen LogP contribution in [-0.4, -0.2) is 38.9 Å². The quantitative estimate of drug-likeness (QED) is 0.354. The summed E-state index contributed by atoms with van der Waals surface area (Å²) in [5.41, 5.74) is 3.81. The number of rotatable bonds is 7. The number of carbonyl (C=O) groups is 1. The summed E-state index contributed by atoms with van der Waals surface area (Å²) in [6.45, 7) is 1.95. The number of aromatic nitrogens is 4. The second-order valence-corrected chi connectivity index (χ2v) is 9.88. The van der Waals surface area contributed by atoms with E-state index in [9.17, 15) is 13.2 Å². The summed E-state index contributed by atoms with van der Waals surface area (Å²) in [6.07, 6.45) is 9.76. The topological polar surface area (TPSA) is 97.7 Å². The van der Waals surface area contributed by atoms with Gasteiger partial charge in [-0.05, 0) is 30.7 Å². The van der Waals surface area contributed by atoms with Gasteiger partial charge >= 0.3 is 0 Å². The summed E-state index contributed by atoms with van der Waals surface area (Å²) in [5.74, 6) is -0.128. The number of nitrogens with one attached hydrogen (secondary N) is 1. The lowest BCUT2D eigenvalue weighted by Crippen LogP contribution is -2.15. The minimum absolute atomic E-state index is 0.0662. The molecule has 0 saturated heterocycles. The van der Waals surface area contributed by atoms with Gasteiger partial charge in [0.05, 0.1) is 11.3 Å². The summed E-state index contributed by atoms with van der Waals surface area (Å²) in [6, 6.07) is 12.6. The highest BCUT2D eigenvalue weighted by atomic mass is 32.2. The van der Waals surface area contributed by atoms with Crippen LogP contribution >= 0.6 is 0 Å². The molecule has 0 unspecified atom stereocenters. The highest BCUT2D eigenvalue weighted by Gasteiger charge is 2.21. The highest BCUT2D eigenvalue weighted by molar-refractivity contribution is 7.90. The first-order valence-corrected chi connectivity index (χ1v) is 12.4. The molecule has 0 aliphatic carbocycles. The van der Waals surface area contributed by atoms with Gasteiger partial charge in [-0.3, -0.25) is 9.78 Å². The Morgan fingerprint density at radius 2 is 1.91 bits per heavy atom. The van der Waals surface area contributed by atoms with Crippen LogP contribution in [0.1, 0.15) is 35.7 Å². The third-order valence-corrected chi connectivity index (χ3v) is 7.49. The Balaban J connectivity index is 1.60. The first-order chi connectivity index (χ1) is 16.0. The molecule has 0 atom stereocenters. The Labute approximate surface area is 191 Å². The molecule has 166 valence electrons. The molecule has 33 heavy (non-hydrogen) atoms. The van der Waals surface area contributed by atoms with Crippen LogP contribution in [0.3, 0.4) is 0 Å². The number of aromatic amines is 1. The van der Waals surface area contributed by atoms with E-state index >= 15 is 0 Å². The van der Waals surface area contributed by atoms with Crippen LogP contribution in [0.2, 0.25) is 0 Å². The standard InChI is InChI=1S/C25H22N4O3S/c1-2-3-12-33(31,32)29-11-9-19-20(7-4-8-23(19)29)24(30)22-16-28-25-21(22)13-18(15-27-25)17-6-5-10-26-14-17/h4-11,13-16H,2-3,12H2,1H3,(H,27,28). The smallest absolute Gasteiger partial charge is 0.238 e. The van der Waals surface area contributed by atoms with Crippen molar-refractivity contribution in [2.45, 2.75) is 19.8 Å². The number of pyridine rings is 2. The van der Waals surface area contributed by atoms with E-state index in [0.29, 0.717) is 39.5 Å². The van der Waals surface area contributed by atoms with Crippen LogP contribution in [-0.2, 0) is 10.0 Å². The third kappa shape index (κ3) is 3.72. The second-order valence-electron chi connectivity index (χ2n) is 7.91. The second kappa shape index (κ2) is 8.29. The Morgan fingerprint density at radius 1 is 1.03 bits per heavy atom. The molecule has 4 aromatic heterocycles. The monoisotopic (exact) mass is 458 g/mol. The number of carbonyl (C=O) groups excluding carboxylic acids is 1. The molecule has 0 radical (unpaired) electrons. The molecule has 5 aromatic rings. The van der Waals surface area contributed by atoms with Crippen molar-refractivity contribution in [3.8, 4) is 11.1 Å². The number of hydrogen-bond acceptors (Lipinski definition) is 5. The van der Waals surface area contributed by atoms with Gasteiger partial charge in [-0.2, -0.15) is 0 Å². The van der Waals surface area contributed by atoms with Crippen LogP contribution < -0.4 is 0 Å². The van der Waals surface area contributed by atoms with Crippen molar-refractivity contribution < 1.29 is 13.2 Å². The predicted molar refractivity (Wildman–Crippen MR) is 129 cm³/mol. The van der Waals surface area contributed by atoms with E-state index < -0.39 is 10.0 Å². The van der Waals surface area contributed by atoms with Crippen LogP contribution in [0.5, 0.6) is 0 Å². The van der Waals surface area contributed by atoms with E-state index in [1.807, 2.05) is 25.1 Å². The van der Waals surface area contributed by atoms with Crippen molar-refractivity contribution in [1.82, 2.24) is 18.9 Å². The fourth-order valence-electron chi connectivity index (χ4n) is 4.04. The third-order valence-electron chi connectivity index (χ3n) is 5.77. The molecular weight excluding hydrogens is 436 g/mol. The zero-order chi connectivity index (χ0) is 23.0. The van der Waals surface area contributed by atoms with Gasteiger partial charge in [0, 0.05) is 64.0 Å². The zero-order valence-corrected chi connectivity index (χ0v) is 18.8. The molecule has 0 fully saturated rings. The van der Waals surface area contributed by atoms with Gasteiger partial charge in [-0.1, -0.05) is 31.5 Å². The van der Waals surface area contributed by atoms with E-state index in [0.717, 1.165) is 17.5 Å². The number of H-pyrrole nitrogens is 1. The molecule has 0 saturated carbocycles. The predicted octanol–water partition coefficient (Wildman–Crippen LogP) is 4.79. The van der Waals surface area contributed by atoms with E-state index in [-0.39, 0.29) is 11.5 Å². The number of benzene rings is 1. The molecule has 0 spiro atoms. The lowest BCUT2D eigenvalue weighted by Gasteiger charge is -2.08. The van der Waals surface area contributed by atoms with Crippen molar-refractivity contribution in [2.24, 2.45) is 0 Å². The summed E-state index contributed by atoms with van der Waals surface area (Å²) in [7, 11) is -3.49. The molecule has 7 nitrogen and oxygen atoms in total. The number of nitrogens with zero attached hydrogens (tertiary/aromatic N) is 3. The van der Waals surface area contributed by atoms with Gasteiger partial charge in [0.2, 0.25) is 10.0 Å². The molecule has 0 aliphatic heterocycles. The van der Waals surface area contributed by atoms with Crippen molar-refractivity contribution in [3.05, 3.63) is 84.6 Å². The van der Waals surface area contributed by atoms with E-state index in [1.54, 1.807) is 49.1 Å². The normalized spacial score (nSPS) is 11.9. The summed E-state index contributed by atoms with van der Waals surface area (Å²) >= 11 is 0. The van der Waals surface area contributed by atoms with Crippen LogP contribution in [0.15, 0.2) is 73.4 Å². The molecule has 1 N–H and O–H groups in total. The van der Waals surface area contributed by atoms with Gasteiger partial charge in [0.1, 0.15) is 5.65 Å². The minimum Gasteiger partial charge on any atom is -0.345 e. The summed E-state index contributed by atoms with van der Waals surface area (Å²) in [4.78, 5) is 25.3. The molecule has 0 bridgehead atoms. The largest absolute Gasteiger partial charge is 0.345 e. The lowest BCUT2D eigenvalue weighted by molar-refractivity contribution is 0.104. The van der Waals surface area contributed by atoms with Gasteiger partial charge in [0.15, 0.2) is 5.78 Å². The molecular formula is C25H22N4O3S. The number of fused-ring (bicyclic) bond motifs is 2. The van der Waals surface area contributed by atoms with Gasteiger partial charge in [-0.25, -0.2) is 17.4 Å². The van der Waals surface area contributed by atoms with Crippen LogP contribution in [0.4, 0.5) is 0 Å². The minimum atomic E-state index is -3.49. The maximum absolute atomic E-state index is 13.6. The molecule has 4 heterocycles. The van der Waals surface area contributed by atoms with Crippen molar-refractivity contribution >= 4 is 37.7 Å². The van der Waals surface area contributed by atoms with E-state index in [4.69, 9.17) is 0 Å². The number of ketones is 1. The Bertz CT molecular complexity index is 1580. The maximum Gasteiger partial charge on any atom is 0.238 e. The number of hydrogen-bond donors (Lipinski definition) is 1. The SMILES string of the molecule is CCCCS(=O)(=O)n1ccc2c(C(=O)c3c[nH]c4ncc(-c5cccnc5)cc34)cccc21. The Morgan fingerprint density at radius 3 is 2.70 bits per heavy atom. The number of unbranched alkanes of at least 4 members (excludes halogenated alkanes) is 1. The van der Waals surface area contributed by atoms with E-state index in [1.165, 1.54) is 10.2 Å². The molecule has 0 aliphatic rings. The first kappa shape index (κ1) is 21.1. The first-order valence-electron chi connectivity index (χ1n) is 10.7. The molecule has 5 rings (SSSR count). The van der Waals surface area contributed by atoms with Crippen LogP contribution in [0.25, 0.3) is 33.1 Å². The maximum atomic E-state index is 13.6. The summed E-state index contributed by atoms with van der Waals surface area (Å²) < 4.78 is 26.8. The van der Waals surface area contributed by atoms with E-state index in [2.05, 4.69) is 15.0 Å².